The molecular formula is C24H22N4O2. The van der Waals surface area contributed by atoms with E-state index in [1.807, 2.05) is 36.4 Å². The Morgan fingerprint density at radius 1 is 1.13 bits per heavy atom. The Labute approximate surface area is 175 Å². The number of carbonyl (C=O) groups is 1. The van der Waals surface area contributed by atoms with Crippen molar-refractivity contribution in [3.63, 3.8) is 0 Å². The smallest absolute Gasteiger partial charge is 0.328 e. The summed E-state index contributed by atoms with van der Waals surface area (Å²) in [6.07, 6.45) is 9.65. The van der Waals surface area contributed by atoms with E-state index in [4.69, 9.17) is 16.2 Å². The lowest BCUT2D eigenvalue weighted by molar-refractivity contribution is -0.131. The number of aromatic nitrogens is 2. The third-order valence-electron chi connectivity index (χ3n) is 4.68. The number of hydrogen-bond acceptors (Lipinski definition) is 5. The van der Waals surface area contributed by atoms with Crippen molar-refractivity contribution in [3.05, 3.63) is 95.1 Å². The van der Waals surface area contributed by atoms with Crippen LogP contribution in [-0.2, 0) is 4.79 Å². The van der Waals surface area contributed by atoms with Gasteiger partial charge in [-0.3, -0.25) is 9.97 Å². The molecule has 0 fully saturated rings. The highest BCUT2D eigenvalue weighted by Crippen LogP contribution is 2.34. The molecule has 0 aliphatic rings. The van der Waals surface area contributed by atoms with Gasteiger partial charge in [-0.15, -0.1) is 0 Å². The van der Waals surface area contributed by atoms with E-state index in [1.54, 1.807) is 30.7 Å². The molecule has 0 aliphatic heterocycles. The molecule has 6 nitrogen and oxygen atoms in total. The number of nitrogen functional groups attached to an aromatic ring is 1. The maximum absolute atomic E-state index is 10.8. The van der Waals surface area contributed by atoms with E-state index < -0.39 is 5.97 Å². The van der Waals surface area contributed by atoms with Gasteiger partial charge in [0.2, 0.25) is 0 Å². The quantitative estimate of drug-likeness (QED) is 0.308. The molecule has 6 heteroatoms. The standard InChI is InChI=1S/C24H22N4O2/c1-2-20(22-15-27-11-12-28-22)24(18-8-9-21(26)19(13-18)14-25)17-6-3-16(4-7-17)5-10-23(29)30/h3-15,25H,2,26H2,1H3,(H,29,30)/b10-5+,24-20+,25-14?. The van der Waals surface area contributed by atoms with Crippen LogP contribution in [0.4, 0.5) is 5.69 Å². The van der Waals surface area contributed by atoms with Gasteiger partial charge >= 0.3 is 5.97 Å². The molecule has 3 aromatic rings. The van der Waals surface area contributed by atoms with Crippen molar-refractivity contribution in [3.8, 4) is 0 Å². The Balaban J connectivity index is 2.21. The number of hydrogen-bond donors (Lipinski definition) is 3. The van der Waals surface area contributed by atoms with Crippen LogP contribution in [0, 0.1) is 5.41 Å². The Kier molecular flexibility index (Phi) is 6.49. The van der Waals surface area contributed by atoms with E-state index in [9.17, 15) is 4.79 Å². The number of aliphatic carboxylic acids is 1. The van der Waals surface area contributed by atoms with Gasteiger partial charge in [0.1, 0.15) is 0 Å². The van der Waals surface area contributed by atoms with Gasteiger partial charge in [-0.1, -0.05) is 37.3 Å². The highest BCUT2D eigenvalue weighted by atomic mass is 16.4. The zero-order valence-electron chi connectivity index (χ0n) is 16.5. The minimum atomic E-state index is -0.989. The number of nitrogens with zero attached hydrogens (tertiary/aromatic N) is 2. The topological polar surface area (TPSA) is 113 Å². The zero-order chi connectivity index (χ0) is 21.5. The largest absolute Gasteiger partial charge is 0.478 e. The minimum Gasteiger partial charge on any atom is -0.478 e. The number of benzene rings is 2. The predicted molar refractivity (Wildman–Crippen MR) is 120 cm³/mol. The molecule has 3 rings (SSSR count). The maximum atomic E-state index is 10.8. The van der Waals surface area contributed by atoms with Crippen molar-refractivity contribution in [1.29, 1.82) is 5.41 Å². The SMILES string of the molecule is CC/C(=C(/c1ccc(/C=C/C(=O)O)cc1)c1ccc(N)c(C=N)c1)c1cnccn1. The highest BCUT2D eigenvalue weighted by molar-refractivity contribution is 5.99. The summed E-state index contributed by atoms with van der Waals surface area (Å²) < 4.78 is 0. The van der Waals surface area contributed by atoms with Crippen LogP contribution in [-0.4, -0.2) is 27.3 Å². The van der Waals surface area contributed by atoms with Crippen molar-refractivity contribution >= 4 is 35.1 Å². The summed E-state index contributed by atoms with van der Waals surface area (Å²) in [5.74, 6) is -0.989. The zero-order valence-corrected chi connectivity index (χ0v) is 16.5. The van der Waals surface area contributed by atoms with Crippen LogP contribution < -0.4 is 5.73 Å². The first-order valence-corrected chi connectivity index (χ1v) is 9.44. The highest BCUT2D eigenvalue weighted by Gasteiger charge is 2.15. The number of allylic oxidation sites excluding steroid dienone is 1. The molecule has 1 aromatic heterocycles. The Bertz CT molecular complexity index is 1120. The molecule has 0 bridgehead atoms. The van der Waals surface area contributed by atoms with Crippen molar-refractivity contribution in [2.75, 3.05) is 5.73 Å². The van der Waals surface area contributed by atoms with E-state index in [0.717, 1.165) is 46.0 Å². The first-order chi connectivity index (χ1) is 14.5. The van der Waals surface area contributed by atoms with Crippen LogP contribution in [0.3, 0.4) is 0 Å². The van der Waals surface area contributed by atoms with Gasteiger partial charge in [0, 0.05) is 35.9 Å². The van der Waals surface area contributed by atoms with Gasteiger partial charge in [0.25, 0.3) is 0 Å². The molecule has 0 atom stereocenters. The molecule has 4 N–H and O–H groups in total. The van der Waals surface area contributed by atoms with Gasteiger partial charge < -0.3 is 16.2 Å². The number of carboxylic acids is 1. The van der Waals surface area contributed by atoms with Gasteiger partial charge in [0.15, 0.2) is 0 Å². The Morgan fingerprint density at radius 3 is 2.47 bits per heavy atom. The molecule has 0 aliphatic carbocycles. The first-order valence-electron chi connectivity index (χ1n) is 9.44. The average molecular weight is 398 g/mol. The molecule has 0 spiro atoms. The lowest BCUT2D eigenvalue weighted by Crippen LogP contribution is -2.00. The number of carboxylic acid groups (broad SMARTS) is 1. The summed E-state index contributed by atoms with van der Waals surface area (Å²) in [6.45, 7) is 2.06. The van der Waals surface area contributed by atoms with E-state index in [2.05, 4.69) is 16.9 Å². The summed E-state index contributed by atoms with van der Waals surface area (Å²) in [7, 11) is 0. The molecule has 1 heterocycles. The Hall–Kier alpha value is -4.06. The normalized spacial score (nSPS) is 11.9. The summed E-state index contributed by atoms with van der Waals surface area (Å²) in [4.78, 5) is 19.5. The fraction of sp³-hybridized carbons (Fsp3) is 0.0833. The van der Waals surface area contributed by atoms with E-state index in [0.29, 0.717) is 11.3 Å². The van der Waals surface area contributed by atoms with E-state index in [-0.39, 0.29) is 0 Å². The van der Waals surface area contributed by atoms with Gasteiger partial charge in [-0.05, 0) is 52.5 Å². The number of anilines is 1. The molecule has 0 radical (unpaired) electrons. The first kappa shape index (κ1) is 20.7. The van der Waals surface area contributed by atoms with Crippen molar-refractivity contribution < 1.29 is 9.90 Å². The maximum Gasteiger partial charge on any atom is 0.328 e. The van der Waals surface area contributed by atoms with Gasteiger partial charge in [-0.2, -0.15) is 0 Å². The number of nitrogens with two attached hydrogens (primary N) is 1. The molecular weight excluding hydrogens is 376 g/mol. The molecule has 30 heavy (non-hydrogen) atoms. The molecule has 0 unspecified atom stereocenters. The second-order valence-electron chi connectivity index (χ2n) is 6.58. The third kappa shape index (κ3) is 4.67. The van der Waals surface area contributed by atoms with Crippen molar-refractivity contribution in [2.24, 2.45) is 0 Å². The Morgan fingerprint density at radius 2 is 1.87 bits per heavy atom. The molecule has 0 saturated carbocycles. The molecule has 2 aromatic carbocycles. The third-order valence-corrected chi connectivity index (χ3v) is 4.68. The minimum absolute atomic E-state index is 0.541. The second-order valence-corrected chi connectivity index (χ2v) is 6.58. The molecule has 150 valence electrons. The number of nitrogens with one attached hydrogen (secondary N) is 1. The lowest BCUT2D eigenvalue weighted by atomic mass is 9.89. The second kappa shape index (κ2) is 9.43. The van der Waals surface area contributed by atoms with Crippen LogP contribution in [0.15, 0.2) is 67.1 Å². The van der Waals surface area contributed by atoms with Crippen molar-refractivity contribution in [1.82, 2.24) is 9.97 Å². The lowest BCUT2D eigenvalue weighted by Gasteiger charge is -2.16. The van der Waals surface area contributed by atoms with Crippen molar-refractivity contribution in [2.45, 2.75) is 13.3 Å². The summed E-state index contributed by atoms with van der Waals surface area (Å²) in [5, 5.41) is 16.5. The fourth-order valence-corrected chi connectivity index (χ4v) is 3.24. The monoisotopic (exact) mass is 398 g/mol. The van der Waals surface area contributed by atoms with Crippen LogP contribution in [0.1, 0.15) is 41.3 Å². The molecule has 0 amide bonds. The van der Waals surface area contributed by atoms with Crippen LogP contribution in [0.2, 0.25) is 0 Å². The van der Waals surface area contributed by atoms with Gasteiger partial charge in [0.05, 0.1) is 11.9 Å². The van der Waals surface area contributed by atoms with Gasteiger partial charge in [-0.25, -0.2) is 4.79 Å². The van der Waals surface area contributed by atoms with E-state index in [1.165, 1.54) is 6.21 Å². The number of rotatable bonds is 7. The summed E-state index contributed by atoms with van der Waals surface area (Å²) in [5.41, 5.74) is 12.6. The predicted octanol–water partition coefficient (Wildman–Crippen LogP) is 4.52. The van der Waals surface area contributed by atoms with Crippen LogP contribution in [0.5, 0.6) is 0 Å². The van der Waals surface area contributed by atoms with Crippen LogP contribution >= 0.6 is 0 Å². The van der Waals surface area contributed by atoms with Crippen LogP contribution in [0.25, 0.3) is 17.2 Å². The average Bonchev–Trinajstić information content (AvgIpc) is 2.77. The summed E-state index contributed by atoms with van der Waals surface area (Å²) in [6, 6.07) is 13.3. The molecule has 0 saturated heterocycles. The summed E-state index contributed by atoms with van der Waals surface area (Å²) >= 11 is 0. The fourth-order valence-electron chi connectivity index (χ4n) is 3.24. The van der Waals surface area contributed by atoms with E-state index >= 15 is 0 Å².